The highest BCUT2D eigenvalue weighted by molar-refractivity contribution is 9.10. The summed E-state index contributed by atoms with van der Waals surface area (Å²) in [6, 6.07) is 0. The van der Waals surface area contributed by atoms with E-state index in [1.165, 1.54) is 0 Å². The first kappa shape index (κ1) is 9.07. The number of hydrogen-bond acceptors (Lipinski definition) is 5. The third kappa shape index (κ3) is 2.25. The van der Waals surface area contributed by atoms with Crippen LogP contribution in [0.3, 0.4) is 0 Å². The van der Waals surface area contributed by atoms with Gasteiger partial charge in [-0.25, -0.2) is 9.97 Å². The Hall–Kier alpha value is -1.50. The van der Waals surface area contributed by atoms with Crippen molar-refractivity contribution in [2.75, 3.05) is 5.32 Å². The molecule has 0 aromatic carbocycles. The number of aromatic nitrogens is 5. The van der Waals surface area contributed by atoms with Crippen LogP contribution in [0.15, 0.2) is 23.1 Å². The molecule has 7 heteroatoms. The summed E-state index contributed by atoms with van der Waals surface area (Å²) in [6.07, 6.45) is 5.00. The highest BCUT2D eigenvalue weighted by Gasteiger charge is 1.97. The average molecular weight is 255 g/mol. The Bertz CT molecular complexity index is 383. The maximum absolute atomic E-state index is 4.05. The van der Waals surface area contributed by atoms with Crippen molar-refractivity contribution in [3.63, 3.8) is 0 Å². The van der Waals surface area contributed by atoms with Gasteiger partial charge >= 0.3 is 0 Å². The van der Waals surface area contributed by atoms with E-state index in [0.717, 1.165) is 10.2 Å². The minimum absolute atomic E-state index is 0.554. The van der Waals surface area contributed by atoms with Crippen LogP contribution in [0.25, 0.3) is 0 Å². The summed E-state index contributed by atoms with van der Waals surface area (Å²) >= 11 is 3.26. The summed E-state index contributed by atoms with van der Waals surface area (Å²) in [7, 11) is 0. The quantitative estimate of drug-likeness (QED) is 0.854. The van der Waals surface area contributed by atoms with Crippen molar-refractivity contribution in [3.8, 4) is 0 Å². The predicted octanol–water partition coefficient (Wildman–Crippen LogP) is 0.969. The summed E-state index contributed by atoms with van der Waals surface area (Å²) < 4.78 is 0.851. The first-order valence-corrected chi connectivity index (χ1v) is 4.70. The van der Waals surface area contributed by atoms with Crippen molar-refractivity contribution in [1.29, 1.82) is 0 Å². The van der Waals surface area contributed by atoms with Gasteiger partial charge in [-0.3, -0.25) is 0 Å². The van der Waals surface area contributed by atoms with Gasteiger partial charge in [0.05, 0.1) is 17.2 Å². The molecular formula is C7H7BrN6. The molecule has 2 N–H and O–H groups in total. The van der Waals surface area contributed by atoms with Crippen molar-refractivity contribution in [1.82, 2.24) is 25.4 Å². The zero-order valence-corrected chi connectivity index (χ0v) is 8.69. The molecule has 0 aliphatic rings. The number of halogens is 1. The van der Waals surface area contributed by atoms with Gasteiger partial charge < -0.3 is 5.32 Å². The third-order valence-corrected chi connectivity index (χ3v) is 1.92. The van der Waals surface area contributed by atoms with Gasteiger partial charge in [-0.15, -0.1) is 0 Å². The van der Waals surface area contributed by atoms with Crippen molar-refractivity contribution in [2.24, 2.45) is 0 Å². The Morgan fingerprint density at radius 2 is 2.07 bits per heavy atom. The molecule has 0 spiro atoms. The number of H-pyrrole nitrogens is 1. The lowest BCUT2D eigenvalue weighted by molar-refractivity contribution is 0.906. The highest BCUT2D eigenvalue weighted by Crippen LogP contribution is 2.07. The Kier molecular flexibility index (Phi) is 2.68. The van der Waals surface area contributed by atoms with E-state index in [2.05, 4.69) is 46.6 Å². The van der Waals surface area contributed by atoms with E-state index >= 15 is 0 Å². The first-order valence-electron chi connectivity index (χ1n) is 3.90. The maximum atomic E-state index is 4.05. The molecule has 2 aromatic rings. The van der Waals surface area contributed by atoms with E-state index in [1.54, 1.807) is 18.6 Å². The van der Waals surface area contributed by atoms with Crippen LogP contribution in [-0.4, -0.2) is 25.4 Å². The van der Waals surface area contributed by atoms with Gasteiger partial charge in [-0.1, -0.05) is 0 Å². The lowest BCUT2D eigenvalue weighted by atomic mass is 10.5. The fourth-order valence-corrected chi connectivity index (χ4v) is 1.09. The summed E-state index contributed by atoms with van der Waals surface area (Å²) in [5, 5.41) is 13.1. The molecule has 0 bridgehead atoms. The Morgan fingerprint density at radius 3 is 2.71 bits per heavy atom. The van der Waals surface area contributed by atoms with Crippen molar-refractivity contribution < 1.29 is 0 Å². The molecule has 0 radical (unpaired) electrons. The Balaban J connectivity index is 1.95. The van der Waals surface area contributed by atoms with E-state index in [-0.39, 0.29) is 0 Å². The van der Waals surface area contributed by atoms with Crippen molar-refractivity contribution in [3.05, 3.63) is 28.8 Å². The normalized spacial score (nSPS) is 10.1. The van der Waals surface area contributed by atoms with Gasteiger partial charge in [0.15, 0.2) is 0 Å². The second-order valence-corrected chi connectivity index (χ2v) is 3.46. The van der Waals surface area contributed by atoms with Crippen LogP contribution >= 0.6 is 15.9 Å². The summed E-state index contributed by atoms with van der Waals surface area (Å²) in [6.45, 7) is 0.554. The standard InChI is InChI=1S/C7H7BrN6/c8-5-1-9-7(10-2-5)11-3-6-4-12-14-13-6/h1-2,4H,3H2,(H,9,10,11)(H,12,13,14). The monoisotopic (exact) mass is 254 g/mol. The van der Waals surface area contributed by atoms with Crippen LogP contribution in [0.4, 0.5) is 5.95 Å². The average Bonchev–Trinajstić information content (AvgIpc) is 2.70. The SMILES string of the molecule is Brc1cnc(NCc2cn[nH]n2)nc1. The first-order chi connectivity index (χ1) is 6.84. The van der Waals surface area contributed by atoms with Gasteiger partial charge in [0.25, 0.3) is 0 Å². The van der Waals surface area contributed by atoms with Gasteiger partial charge in [0.2, 0.25) is 5.95 Å². The molecule has 72 valence electrons. The van der Waals surface area contributed by atoms with E-state index in [0.29, 0.717) is 12.5 Å². The molecule has 2 heterocycles. The van der Waals surface area contributed by atoms with Crippen LogP contribution in [0.1, 0.15) is 5.69 Å². The third-order valence-electron chi connectivity index (χ3n) is 1.51. The van der Waals surface area contributed by atoms with Crippen LogP contribution in [-0.2, 0) is 6.54 Å². The van der Waals surface area contributed by atoms with Crippen LogP contribution in [0, 0.1) is 0 Å². The topological polar surface area (TPSA) is 79.4 Å². The van der Waals surface area contributed by atoms with E-state index in [9.17, 15) is 0 Å². The molecule has 0 atom stereocenters. The zero-order valence-electron chi connectivity index (χ0n) is 7.11. The number of anilines is 1. The molecule has 0 aliphatic heterocycles. The van der Waals surface area contributed by atoms with Crippen LogP contribution in [0.5, 0.6) is 0 Å². The van der Waals surface area contributed by atoms with E-state index in [1.807, 2.05) is 0 Å². The number of hydrogen-bond donors (Lipinski definition) is 2. The number of nitrogens with zero attached hydrogens (tertiary/aromatic N) is 4. The lowest BCUT2D eigenvalue weighted by Gasteiger charge is -2.00. The van der Waals surface area contributed by atoms with Gasteiger partial charge in [-0.05, 0) is 15.9 Å². The van der Waals surface area contributed by atoms with Crippen LogP contribution < -0.4 is 5.32 Å². The van der Waals surface area contributed by atoms with Gasteiger partial charge in [0, 0.05) is 12.4 Å². The second-order valence-electron chi connectivity index (χ2n) is 2.54. The molecule has 2 aromatic heterocycles. The van der Waals surface area contributed by atoms with E-state index in [4.69, 9.17) is 0 Å². The minimum atomic E-state index is 0.554. The lowest BCUT2D eigenvalue weighted by Crippen LogP contribution is -2.03. The fraction of sp³-hybridized carbons (Fsp3) is 0.143. The summed E-state index contributed by atoms with van der Waals surface area (Å²) in [4.78, 5) is 8.10. The molecule has 0 saturated heterocycles. The predicted molar refractivity (Wildman–Crippen MR) is 53.4 cm³/mol. The smallest absolute Gasteiger partial charge is 0.222 e. The zero-order chi connectivity index (χ0) is 9.80. The molecule has 0 amide bonds. The molecule has 0 saturated carbocycles. The van der Waals surface area contributed by atoms with Crippen molar-refractivity contribution in [2.45, 2.75) is 6.54 Å². The van der Waals surface area contributed by atoms with Gasteiger partial charge in [-0.2, -0.15) is 15.4 Å². The molecule has 0 aliphatic carbocycles. The Morgan fingerprint density at radius 1 is 1.29 bits per heavy atom. The fourth-order valence-electron chi connectivity index (χ4n) is 0.884. The molecule has 0 fully saturated rings. The minimum Gasteiger partial charge on any atom is -0.348 e. The number of nitrogens with one attached hydrogen (secondary N) is 2. The number of rotatable bonds is 3. The highest BCUT2D eigenvalue weighted by atomic mass is 79.9. The second kappa shape index (κ2) is 4.14. The van der Waals surface area contributed by atoms with Gasteiger partial charge in [0.1, 0.15) is 5.69 Å². The largest absolute Gasteiger partial charge is 0.348 e. The van der Waals surface area contributed by atoms with E-state index < -0.39 is 0 Å². The number of aromatic amines is 1. The summed E-state index contributed by atoms with van der Waals surface area (Å²) in [5.41, 5.74) is 0.816. The molecule has 2 rings (SSSR count). The molecule has 6 nitrogen and oxygen atoms in total. The Labute approximate surface area is 88.3 Å². The maximum Gasteiger partial charge on any atom is 0.222 e. The molecule has 0 unspecified atom stereocenters. The molecule has 14 heavy (non-hydrogen) atoms. The van der Waals surface area contributed by atoms with Crippen LogP contribution in [0.2, 0.25) is 0 Å². The summed E-state index contributed by atoms with van der Waals surface area (Å²) in [5.74, 6) is 0.566. The van der Waals surface area contributed by atoms with Crippen molar-refractivity contribution >= 4 is 21.9 Å². The molecular weight excluding hydrogens is 248 g/mol.